The van der Waals surface area contributed by atoms with Gasteiger partial charge in [0.25, 0.3) is 0 Å². The summed E-state index contributed by atoms with van der Waals surface area (Å²) in [6.45, 7) is 1.79. The van der Waals surface area contributed by atoms with E-state index in [0.29, 0.717) is 11.8 Å². The van der Waals surface area contributed by atoms with Crippen LogP contribution in [-0.4, -0.2) is 42.9 Å². The fraction of sp³-hybridized carbons (Fsp3) is 0.818. The van der Waals surface area contributed by atoms with E-state index in [9.17, 15) is 9.59 Å². The van der Waals surface area contributed by atoms with Gasteiger partial charge in [0.05, 0.1) is 13.1 Å². The first-order chi connectivity index (χ1) is 7.70. The first-order valence-electron chi connectivity index (χ1n) is 5.95. The number of rotatable bonds is 3. The van der Waals surface area contributed by atoms with Crippen molar-refractivity contribution >= 4 is 11.8 Å². The maximum Gasteiger partial charge on any atom is 0.241 e. The van der Waals surface area contributed by atoms with Gasteiger partial charge >= 0.3 is 0 Å². The van der Waals surface area contributed by atoms with Crippen molar-refractivity contribution in [3.8, 4) is 0 Å². The highest BCUT2D eigenvalue weighted by atomic mass is 16.2. The van der Waals surface area contributed by atoms with Crippen LogP contribution in [0.3, 0.4) is 0 Å². The molecule has 1 heterocycles. The predicted octanol–water partition coefficient (Wildman–Crippen LogP) is -0.680. The number of nitrogens with two attached hydrogens (primary N) is 1. The number of hydrogen-bond acceptors (Lipinski definition) is 3. The molecule has 0 bridgehead atoms. The van der Waals surface area contributed by atoms with Gasteiger partial charge in [0, 0.05) is 13.1 Å². The predicted molar refractivity (Wildman–Crippen MR) is 59.5 cm³/mol. The number of carbonyl (C=O) groups is 2. The molecule has 3 N–H and O–H groups in total. The number of nitrogens with one attached hydrogen (secondary N) is 1. The van der Waals surface area contributed by atoms with Crippen molar-refractivity contribution in [3.63, 3.8) is 0 Å². The molecular weight excluding hydrogens is 206 g/mol. The monoisotopic (exact) mass is 225 g/mol. The average molecular weight is 225 g/mol. The smallest absolute Gasteiger partial charge is 0.241 e. The molecule has 1 saturated carbocycles. The van der Waals surface area contributed by atoms with Gasteiger partial charge in [-0.25, -0.2) is 0 Å². The van der Waals surface area contributed by atoms with Crippen molar-refractivity contribution in [1.82, 2.24) is 10.2 Å². The van der Waals surface area contributed by atoms with E-state index in [4.69, 9.17) is 5.73 Å². The minimum Gasteiger partial charge on any atom is -0.346 e. The van der Waals surface area contributed by atoms with E-state index in [2.05, 4.69) is 5.32 Å². The van der Waals surface area contributed by atoms with Gasteiger partial charge in [0.2, 0.25) is 11.8 Å². The van der Waals surface area contributed by atoms with Crippen LogP contribution in [0.15, 0.2) is 0 Å². The first-order valence-corrected chi connectivity index (χ1v) is 5.95. The van der Waals surface area contributed by atoms with Gasteiger partial charge in [-0.1, -0.05) is 6.42 Å². The van der Waals surface area contributed by atoms with Crippen molar-refractivity contribution < 1.29 is 9.59 Å². The van der Waals surface area contributed by atoms with Gasteiger partial charge in [0.1, 0.15) is 0 Å². The Bertz CT molecular complexity index is 281. The number of carbonyl (C=O) groups excluding carboxylic acids is 2. The highest BCUT2D eigenvalue weighted by Crippen LogP contribution is 2.37. The van der Waals surface area contributed by atoms with Gasteiger partial charge in [-0.05, 0) is 24.7 Å². The van der Waals surface area contributed by atoms with Crippen molar-refractivity contribution in [2.45, 2.75) is 19.3 Å². The van der Waals surface area contributed by atoms with Crippen LogP contribution in [0.4, 0.5) is 0 Å². The number of amides is 2. The van der Waals surface area contributed by atoms with Crippen LogP contribution in [0, 0.1) is 11.8 Å². The molecule has 2 rings (SSSR count). The Morgan fingerprint density at radius 1 is 1.25 bits per heavy atom. The van der Waals surface area contributed by atoms with Crippen LogP contribution in [0.2, 0.25) is 0 Å². The molecule has 1 aliphatic carbocycles. The van der Waals surface area contributed by atoms with E-state index >= 15 is 0 Å². The van der Waals surface area contributed by atoms with Crippen molar-refractivity contribution in [2.24, 2.45) is 17.6 Å². The lowest BCUT2D eigenvalue weighted by molar-refractivity contribution is -0.132. The van der Waals surface area contributed by atoms with Gasteiger partial charge in [0.15, 0.2) is 0 Å². The summed E-state index contributed by atoms with van der Waals surface area (Å²) in [5.74, 6) is 1.16. The lowest BCUT2D eigenvalue weighted by Crippen LogP contribution is -2.41. The minimum atomic E-state index is -0.271. The second-order valence-corrected chi connectivity index (χ2v) is 4.73. The SMILES string of the molecule is NCC(=O)NCC(=O)N1CC2CCCC2C1. The number of hydrogen-bond donors (Lipinski definition) is 2. The van der Waals surface area contributed by atoms with Crippen LogP contribution in [0.25, 0.3) is 0 Å². The first kappa shape index (κ1) is 11.4. The zero-order valence-corrected chi connectivity index (χ0v) is 9.45. The van der Waals surface area contributed by atoms with Crippen molar-refractivity contribution in [1.29, 1.82) is 0 Å². The van der Waals surface area contributed by atoms with Gasteiger partial charge in [-0.2, -0.15) is 0 Å². The highest BCUT2D eigenvalue weighted by Gasteiger charge is 2.37. The summed E-state index contributed by atoms with van der Waals surface area (Å²) in [5, 5.41) is 2.52. The minimum absolute atomic E-state index is 0.0243. The Labute approximate surface area is 95.3 Å². The average Bonchev–Trinajstić information content (AvgIpc) is 2.85. The molecule has 1 saturated heterocycles. The molecule has 2 amide bonds. The zero-order chi connectivity index (χ0) is 11.5. The maximum absolute atomic E-state index is 11.8. The Balaban J connectivity index is 1.76. The third-order valence-electron chi connectivity index (χ3n) is 3.70. The van der Waals surface area contributed by atoms with E-state index in [1.54, 1.807) is 0 Å². The van der Waals surface area contributed by atoms with Crippen molar-refractivity contribution in [3.05, 3.63) is 0 Å². The van der Waals surface area contributed by atoms with Crippen LogP contribution >= 0.6 is 0 Å². The molecule has 0 aromatic carbocycles. The lowest BCUT2D eigenvalue weighted by atomic mass is 10.0. The van der Waals surface area contributed by atoms with Crippen molar-refractivity contribution in [2.75, 3.05) is 26.2 Å². The summed E-state index contributed by atoms with van der Waals surface area (Å²) in [4.78, 5) is 24.6. The van der Waals surface area contributed by atoms with E-state index in [1.165, 1.54) is 19.3 Å². The molecule has 0 spiro atoms. The molecule has 5 heteroatoms. The largest absolute Gasteiger partial charge is 0.346 e. The molecule has 2 atom stereocenters. The molecule has 2 unspecified atom stereocenters. The molecule has 5 nitrogen and oxygen atoms in total. The molecule has 0 aromatic heterocycles. The summed E-state index contributed by atoms with van der Waals surface area (Å²) in [6.07, 6.45) is 3.81. The molecule has 0 radical (unpaired) electrons. The molecule has 90 valence electrons. The third-order valence-corrected chi connectivity index (χ3v) is 3.70. The van der Waals surface area contributed by atoms with Crippen LogP contribution < -0.4 is 11.1 Å². The second kappa shape index (κ2) is 4.82. The summed E-state index contributed by atoms with van der Waals surface area (Å²) in [7, 11) is 0. The summed E-state index contributed by atoms with van der Waals surface area (Å²) >= 11 is 0. The summed E-state index contributed by atoms with van der Waals surface area (Å²) in [6, 6.07) is 0. The Kier molecular flexibility index (Phi) is 3.43. The van der Waals surface area contributed by atoms with E-state index in [-0.39, 0.29) is 24.9 Å². The van der Waals surface area contributed by atoms with Gasteiger partial charge in [-0.15, -0.1) is 0 Å². The standard InChI is InChI=1S/C11H19N3O2/c12-4-10(15)13-5-11(16)14-6-8-2-1-3-9(8)7-14/h8-9H,1-7,12H2,(H,13,15). The molecule has 16 heavy (non-hydrogen) atoms. The van der Waals surface area contributed by atoms with Crippen LogP contribution in [0.5, 0.6) is 0 Å². The van der Waals surface area contributed by atoms with Crippen LogP contribution in [-0.2, 0) is 9.59 Å². The molecular formula is C11H19N3O2. The zero-order valence-electron chi connectivity index (χ0n) is 9.45. The number of nitrogens with zero attached hydrogens (tertiary/aromatic N) is 1. The van der Waals surface area contributed by atoms with E-state index < -0.39 is 0 Å². The fourth-order valence-electron chi connectivity index (χ4n) is 2.80. The molecule has 0 aromatic rings. The maximum atomic E-state index is 11.8. The Morgan fingerprint density at radius 3 is 2.44 bits per heavy atom. The topological polar surface area (TPSA) is 75.4 Å². The van der Waals surface area contributed by atoms with E-state index in [0.717, 1.165) is 13.1 Å². The number of fused-ring (bicyclic) bond motifs is 1. The highest BCUT2D eigenvalue weighted by molar-refractivity contribution is 5.85. The normalized spacial score (nSPS) is 27.9. The second-order valence-electron chi connectivity index (χ2n) is 4.73. The Hall–Kier alpha value is -1.10. The molecule has 1 aliphatic heterocycles. The number of likely N-dealkylation sites (tertiary alicyclic amines) is 1. The van der Waals surface area contributed by atoms with Crippen LogP contribution in [0.1, 0.15) is 19.3 Å². The van der Waals surface area contributed by atoms with E-state index in [1.807, 2.05) is 4.90 Å². The van der Waals surface area contributed by atoms with Gasteiger partial charge in [-0.3, -0.25) is 9.59 Å². The summed E-state index contributed by atoms with van der Waals surface area (Å²) in [5.41, 5.74) is 5.15. The Morgan fingerprint density at radius 2 is 1.88 bits per heavy atom. The lowest BCUT2D eigenvalue weighted by Gasteiger charge is -2.17. The quantitative estimate of drug-likeness (QED) is 0.668. The molecule has 2 aliphatic rings. The fourth-order valence-corrected chi connectivity index (χ4v) is 2.80. The van der Waals surface area contributed by atoms with Gasteiger partial charge < -0.3 is 16.0 Å². The third kappa shape index (κ3) is 2.35. The molecule has 2 fully saturated rings. The summed E-state index contributed by atoms with van der Waals surface area (Å²) < 4.78 is 0.